The lowest BCUT2D eigenvalue weighted by Gasteiger charge is -2.32. The summed E-state index contributed by atoms with van der Waals surface area (Å²) in [6.45, 7) is 1.40. The second-order valence-electron chi connectivity index (χ2n) is 10.4. The SMILES string of the molecule is CS(=O)(=O)N([C@@H](Cc1ccccc1)C(=O)N1CCN(Cc2cnc[nH]2)c2ccc(-c3ccccc3)cc2C1)S(C)(=O)=O. The quantitative estimate of drug-likeness (QED) is 0.310. The first kappa shape index (κ1) is 29.5. The molecule has 1 atom stereocenters. The summed E-state index contributed by atoms with van der Waals surface area (Å²) in [6.07, 6.45) is 4.90. The molecule has 1 N–H and O–H groups in total. The minimum atomic E-state index is -4.31. The second-order valence-corrected chi connectivity index (χ2v) is 14.4. The summed E-state index contributed by atoms with van der Waals surface area (Å²) in [5.41, 5.74) is 5.34. The molecule has 1 amide bonds. The molecule has 1 aliphatic rings. The smallest absolute Gasteiger partial charge is 0.242 e. The van der Waals surface area contributed by atoms with Crippen molar-refractivity contribution in [1.29, 1.82) is 0 Å². The molecular formula is C30H33N5O5S2. The van der Waals surface area contributed by atoms with E-state index in [2.05, 4.69) is 14.9 Å². The molecule has 0 unspecified atom stereocenters. The molecule has 0 aliphatic carbocycles. The van der Waals surface area contributed by atoms with Crippen molar-refractivity contribution in [3.05, 3.63) is 108 Å². The number of amides is 1. The Hall–Kier alpha value is -4.00. The van der Waals surface area contributed by atoms with E-state index in [4.69, 9.17) is 0 Å². The number of aromatic nitrogens is 2. The molecule has 42 heavy (non-hydrogen) atoms. The molecule has 2 heterocycles. The number of sulfonamides is 2. The number of carbonyl (C=O) groups excluding carboxylic acids is 1. The molecule has 0 saturated carbocycles. The van der Waals surface area contributed by atoms with Gasteiger partial charge in [-0.25, -0.2) is 21.8 Å². The van der Waals surface area contributed by atoms with E-state index in [9.17, 15) is 21.6 Å². The molecule has 0 saturated heterocycles. The minimum absolute atomic E-state index is 0.0922. The van der Waals surface area contributed by atoms with Gasteiger partial charge < -0.3 is 14.8 Å². The largest absolute Gasteiger partial charge is 0.364 e. The molecule has 1 aromatic heterocycles. The van der Waals surface area contributed by atoms with Crippen molar-refractivity contribution in [2.45, 2.75) is 25.6 Å². The van der Waals surface area contributed by atoms with E-state index in [-0.39, 0.29) is 19.5 Å². The van der Waals surface area contributed by atoms with E-state index in [0.717, 1.165) is 40.6 Å². The second kappa shape index (κ2) is 12.1. The van der Waals surface area contributed by atoms with Gasteiger partial charge in [-0.3, -0.25) is 4.79 Å². The first-order valence-electron chi connectivity index (χ1n) is 13.4. The summed E-state index contributed by atoms with van der Waals surface area (Å²) < 4.78 is 51.8. The molecule has 0 bridgehead atoms. The number of nitrogens with one attached hydrogen (secondary N) is 1. The van der Waals surface area contributed by atoms with E-state index in [1.165, 1.54) is 0 Å². The van der Waals surface area contributed by atoms with Crippen molar-refractivity contribution >= 4 is 31.6 Å². The number of fused-ring (bicyclic) bond motifs is 1. The van der Waals surface area contributed by atoms with Gasteiger partial charge in [-0.2, -0.15) is 0 Å². The third-order valence-corrected chi connectivity index (χ3v) is 10.7. The number of imidazole rings is 1. The fraction of sp³-hybridized carbons (Fsp3) is 0.267. The van der Waals surface area contributed by atoms with Crippen LogP contribution in [-0.4, -0.2) is 73.0 Å². The van der Waals surface area contributed by atoms with Gasteiger partial charge in [0.05, 0.1) is 31.1 Å². The predicted octanol–water partition coefficient (Wildman–Crippen LogP) is 3.26. The molecule has 4 aromatic rings. The third kappa shape index (κ3) is 6.72. The summed E-state index contributed by atoms with van der Waals surface area (Å²) in [6, 6.07) is 23.3. The van der Waals surface area contributed by atoms with Crippen molar-refractivity contribution in [3.63, 3.8) is 0 Å². The average Bonchev–Trinajstić information content (AvgIpc) is 3.39. The van der Waals surface area contributed by atoms with Crippen molar-refractivity contribution in [3.8, 4) is 11.1 Å². The Morgan fingerprint density at radius 2 is 1.57 bits per heavy atom. The van der Waals surface area contributed by atoms with Gasteiger partial charge in [-0.05, 0) is 40.8 Å². The van der Waals surface area contributed by atoms with Crippen LogP contribution in [0.25, 0.3) is 11.1 Å². The highest BCUT2D eigenvalue weighted by atomic mass is 32.3. The van der Waals surface area contributed by atoms with Crippen LogP contribution in [0.15, 0.2) is 91.4 Å². The first-order valence-corrected chi connectivity index (χ1v) is 17.1. The van der Waals surface area contributed by atoms with Gasteiger partial charge in [0.1, 0.15) is 6.04 Å². The molecule has 12 heteroatoms. The van der Waals surface area contributed by atoms with Gasteiger partial charge in [-0.1, -0.05) is 70.4 Å². The molecule has 10 nitrogen and oxygen atoms in total. The summed E-state index contributed by atoms with van der Waals surface area (Å²) in [5, 5.41) is 0. The van der Waals surface area contributed by atoms with Crippen LogP contribution in [0.2, 0.25) is 0 Å². The maximum absolute atomic E-state index is 14.3. The van der Waals surface area contributed by atoms with Crippen molar-refractivity contribution < 1.29 is 21.6 Å². The minimum Gasteiger partial charge on any atom is -0.364 e. The van der Waals surface area contributed by atoms with Crippen LogP contribution in [-0.2, 0) is 44.4 Å². The number of nitrogens with zero attached hydrogens (tertiary/aromatic N) is 4. The molecule has 0 fully saturated rings. The molecule has 3 aromatic carbocycles. The number of hydrogen-bond acceptors (Lipinski definition) is 7. The highest BCUT2D eigenvalue weighted by Gasteiger charge is 2.42. The van der Waals surface area contributed by atoms with Gasteiger partial charge in [0.15, 0.2) is 0 Å². The van der Waals surface area contributed by atoms with Gasteiger partial charge >= 0.3 is 0 Å². The lowest BCUT2D eigenvalue weighted by atomic mass is 10.0. The zero-order chi connectivity index (χ0) is 29.9. The number of aromatic amines is 1. The molecule has 5 rings (SSSR count). The lowest BCUT2D eigenvalue weighted by Crippen LogP contribution is -2.54. The van der Waals surface area contributed by atoms with Crippen LogP contribution in [0.4, 0.5) is 5.69 Å². The number of rotatable bonds is 9. The Labute approximate surface area is 246 Å². The predicted molar refractivity (Wildman–Crippen MR) is 162 cm³/mol. The summed E-state index contributed by atoms with van der Waals surface area (Å²) in [7, 11) is -8.61. The fourth-order valence-electron chi connectivity index (χ4n) is 5.41. The van der Waals surface area contributed by atoms with E-state index < -0.39 is 32.0 Å². The van der Waals surface area contributed by atoms with Gasteiger partial charge in [0.2, 0.25) is 26.0 Å². The zero-order valence-electron chi connectivity index (χ0n) is 23.4. The summed E-state index contributed by atoms with van der Waals surface area (Å²) >= 11 is 0. The van der Waals surface area contributed by atoms with Crippen molar-refractivity contribution in [1.82, 2.24) is 18.6 Å². The van der Waals surface area contributed by atoms with Gasteiger partial charge in [0.25, 0.3) is 0 Å². The first-order chi connectivity index (χ1) is 20.0. The van der Waals surface area contributed by atoms with E-state index in [1.807, 2.05) is 48.5 Å². The standard InChI is InChI=1S/C30H33N5O5S2/c1-41(37,38)35(42(2,39)40)29(17-23-9-5-3-6-10-23)30(36)34-16-15-33(21-27-19-31-22-32-27)28-14-13-25(18-26(28)20-34)24-11-7-4-8-12-24/h3-14,18-19,22,29H,15-17,20-21H2,1-2H3,(H,31,32)/t29-/m0/s1. The van der Waals surface area contributed by atoms with Gasteiger partial charge in [0, 0.05) is 31.5 Å². The summed E-state index contributed by atoms with van der Waals surface area (Å²) in [4.78, 5) is 25.3. The number of H-pyrrole nitrogens is 1. The molecule has 220 valence electrons. The van der Waals surface area contributed by atoms with Crippen molar-refractivity contribution in [2.24, 2.45) is 0 Å². The molecular weight excluding hydrogens is 574 g/mol. The van der Waals surface area contributed by atoms with Crippen LogP contribution in [0.1, 0.15) is 16.8 Å². The number of benzene rings is 3. The number of anilines is 1. The maximum Gasteiger partial charge on any atom is 0.242 e. The molecule has 0 spiro atoms. The average molecular weight is 608 g/mol. The number of hydrogen-bond donors (Lipinski definition) is 1. The Balaban J connectivity index is 1.56. The fourth-order valence-corrected chi connectivity index (χ4v) is 8.64. The van der Waals surface area contributed by atoms with Crippen LogP contribution in [0, 0.1) is 0 Å². The topological polar surface area (TPSA) is 124 Å². The van der Waals surface area contributed by atoms with Crippen molar-refractivity contribution in [2.75, 3.05) is 30.5 Å². The molecule has 1 aliphatic heterocycles. The molecule has 0 radical (unpaired) electrons. The van der Waals surface area contributed by atoms with Crippen LogP contribution in [0.3, 0.4) is 0 Å². The number of carbonyl (C=O) groups is 1. The highest BCUT2D eigenvalue weighted by molar-refractivity contribution is 8.03. The zero-order valence-corrected chi connectivity index (χ0v) is 25.1. The Kier molecular flexibility index (Phi) is 8.48. The third-order valence-electron chi connectivity index (χ3n) is 7.22. The van der Waals surface area contributed by atoms with E-state index in [1.54, 1.807) is 47.8 Å². The van der Waals surface area contributed by atoms with Crippen LogP contribution in [0.5, 0.6) is 0 Å². The highest BCUT2D eigenvalue weighted by Crippen LogP contribution is 2.32. The maximum atomic E-state index is 14.3. The lowest BCUT2D eigenvalue weighted by molar-refractivity contribution is -0.134. The van der Waals surface area contributed by atoms with E-state index in [0.29, 0.717) is 22.4 Å². The Bertz CT molecular complexity index is 1710. The monoisotopic (exact) mass is 607 g/mol. The van der Waals surface area contributed by atoms with Gasteiger partial charge in [-0.15, -0.1) is 0 Å². The summed E-state index contributed by atoms with van der Waals surface area (Å²) in [5.74, 6) is -0.575. The van der Waals surface area contributed by atoms with E-state index >= 15 is 0 Å². The normalized spacial score (nSPS) is 14.8. The Morgan fingerprint density at radius 3 is 2.19 bits per heavy atom. The van der Waals surface area contributed by atoms with Crippen LogP contribution < -0.4 is 4.90 Å². The van der Waals surface area contributed by atoms with Crippen LogP contribution >= 0.6 is 0 Å². The Morgan fingerprint density at radius 1 is 0.905 bits per heavy atom.